The Morgan fingerprint density at radius 1 is 1.30 bits per heavy atom. The van der Waals surface area contributed by atoms with Crippen molar-refractivity contribution >= 4 is 35.2 Å². The Morgan fingerprint density at radius 3 is 2.55 bits per heavy atom. The van der Waals surface area contributed by atoms with E-state index in [0.29, 0.717) is 10.8 Å². The molecule has 0 bridgehead atoms. The van der Waals surface area contributed by atoms with Crippen LogP contribution < -0.4 is 5.32 Å². The van der Waals surface area contributed by atoms with E-state index in [1.165, 1.54) is 11.8 Å². The summed E-state index contributed by atoms with van der Waals surface area (Å²) in [6.45, 7) is 0.147. The van der Waals surface area contributed by atoms with E-state index in [1.54, 1.807) is 12.1 Å². The SMILES string of the molecule is O=C(CSCc1ccc(Cl)cc1)NCCC(O)C(=O)O. The third kappa shape index (κ3) is 6.79. The van der Waals surface area contributed by atoms with Crippen LogP contribution in [0.4, 0.5) is 0 Å². The second-order valence-electron chi connectivity index (χ2n) is 4.11. The fraction of sp³-hybridized carbons (Fsp3) is 0.385. The minimum Gasteiger partial charge on any atom is -0.479 e. The maximum atomic E-state index is 11.5. The fourth-order valence-corrected chi connectivity index (χ4v) is 2.31. The molecule has 1 aromatic rings. The molecule has 0 aliphatic heterocycles. The summed E-state index contributed by atoms with van der Waals surface area (Å²) in [4.78, 5) is 21.8. The maximum absolute atomic E-state index is 11.5. The lowest BCUT2D eigenvalue weighted by atomic mass is 10.2. The summed E-state index contributed by atoms with van der Waals surface area (Å²) in [5.74, 6) is -0.480. The van der Waals surface area contributed by atoms with Crippen molar-refractivity contribution in [2.75, 3.05) is 12.3 Å². The van der Waals surface area contributed by atoms with Gasteiger partial charge in [-0.3, -0.25) is 4.79 Å². The van der Waals surface area contributed by atoms with Gasteiger partial charge in [0.2, 0.25) is 5.91 Å². The van der Waals surface area contributed by atoms with Crippen LogP contribution in [0.5, 0.6) is 0 Å². The molecule has 0 aliphatic carbocycles. The quantitative estimate of drug-likeness (QED) is 0.677. The van der Waals surface area contributed by atoms with Crippen LogP contribution in [0.15, 0.2) is 24.3 Å². The molecule has 1 aromatic carbocycles. The number of carboxylic acids is 1. The number of carbonyl (C=O) groups excluding carboxylic acids is 1. The van der Waals surface area contributed by atoms with Gasteiger partial charge in [0.1, 0.15) is 0 Å². The maximum Gasteiger partial charge on any atom is 0.332 e. The number of halogens is 1. The summed E-state index contributed by atoms with van der Waals surface area (Å²) in [5.41, 5.74) is 1.08. The summed E-state index contributed by atoms with van der Waals surface area (Å²) in [6, 6.07) is 7.39. The van der Waals surface area contributed by atoms with E-state index in [1.807, 2.05) is 12.1 Å². The van der Waals surface area contributed by atoms with Crippen LogP contribution in [-0.2, 0) is 15.3 Å². The minimum atomic E-state index is -1.43. The summed E-state index contributed by atoms with van der Waals surface area (Å²) in [5, 5.41) is 20.7. The van der Waals surface area contributed by atoms with Crippen LogP contribution in [0.1, 0.15) is 12.0 Å². The number of aliphatic hydroxyl groups excluding tert-OH is 1. The monoisotopic (exact) mass is 317 g/mol. The molecule has 0 fully saturated rings. The van der Waals surface area contributed by atoms with E-state index in [4.69, 9.17) is 21.8 Å². The number of benzene rings is 1. The number of aliphatic hydroxyl groups is 1. The molecule has 1 rings (SSSR count). The first-order valence-electron chi connectivity index (χ1n) is 5.99. The Kier molecular flexibility index (Phi) is 7.43. The largest absolute Gasteiger partial charge is 0.479 e. The van der Waals surface area contributed by atoms with Crippen molar-refractivity contribution in [3.05, 3.63) is 34.9 Å². The zero-order valence-corrected chi connectivity index (χ0v) is 12.3. The molecule has 5 nitrogen and oxygen atoms in total. The standard InChI is InChI=1S/C13H16ClNO4S/c14-10-3-1-9(2-4-10)7-20-8-12(17)15-6-5-11(16)13(18)19/h1-4,11,16H,5-8H2,(H,15,17)(H,18,19). The number of aliphatic carboxylic acids is 1. The Balaban J connectivity index is 2.14. The van der Waals surface area contributed by atoms with Gasteiger partial charge in [-0.2, -0.15) is 0 Å². The second-order valence-corrected chi connectivity index (χ2v) is 5.53. The Morgan fingerprint density at radius 2 is 1.95 bits per heavy atom. The van der Waals surface area contributed by atoms with Crippen LogP contribution in [0.2, 0.25) is 5.02 Å². The van der Waals surface area contributed by atoms with E-state index < -0.39 is 12.1 Å². The van der Waals surface area contributed by atoms with Gasteiger partial charge in [0.15, 0.2) is 6.10 Å². The van der Waals surface area contributed by atoms with E-state index in [2.05, 4.69) is 5.32 Å². The number of carboxylic acid groups (broad SMARTS) is 1. The predicted octanol–water partition coefficient (Wildman–Crippen LogP) is 1.52. The second kappa shape index (κ2) is 8.84. The van der Waals surface area contributed by atoms with E-state index in [0.717, 1.165) is 5.56 Å². The van der Waals surface area contributed by atoms with Crippen molar-refractivity contribution in [3.8, 4) is 0 Å². The Bertz CT molecular complexity index is 452. The fourth-order valence-electron chi connectivity index (χ4n) is 1.37. The summed E-state index contributed by atoms with van der Waals surface area (Å²) in [7, 11) is 0. The molecule has 3 N–H and O–H groups in total. The zero-order valence-electron chi connectivity index (χ0n) is 10.7. The van der Waals surface area contributed by atoms with Crippen molar-refractivity contribution in [1.29, 1.82) is 0 Å². The van der Waals surface area contributed by atoms with Crippen molar-refractivity contribution in [3.63, 3.8) is 0 Å². The third-order valence-corrected chi connectivity index (χ3v) is 3.70. The topological polar surface area (TPSA) is 86.6 Å². The van der Waals surface area contributed by atoms with Gasteiger partial charge in [0, 0.05) is 23.7 Å². The molecule has 110 valence electrons. The molecule has 0 aliphatic rings. The van der Waals surface area contributed by atoms with Gasteiger partial charge < -0.3 is 15.5 Å². The Hall–Kier alpha value is -1.24. The molecule has 1 unspecified atom stereocenters. The molecule has 1 amide bonds. The average Bonchev–Trinajstić information content (AvgIpc) is 2.40. The van der Waals surface area contributed by atoms with Gasteiger partial charge >= 0.3 is 5.97 Å². The first-order chi connectivity index (χ1) is 9.49. The number of hydrogen-bond acceptors (Lipinski definition) is 4. The molecular formula is C13H16ClNO4S. The molecule has 0 heterocycles. The van der Waals surface area contributed by atoms with Crippen LogP contribution >= 0.6 is 23.4 Å². The van der Waals surface area contributed by atoms with Crippen molar-refractivity contribution < 1.29 is 19.8 Å². The molecular weight excluding hydrogens is 302 g/mol. The highest BCUT2D eigenvalue weighted by atomic mass is 35.5. The first-order valence-corrected chi connectivity index (χ1v) is 7.52. The minimum absolute atomic E-state index is 0.00290. The molecule has 0 aromatic heterocycles. The van der Waals surface area contributed by atoms with Crippen LogP contribution in [-0.4, -0.2) is 40.5 Å². The summed E-state index contributed by atoms with van der Waals surface area (Å²) < 4.78 is 0. The van der Waals surface area contributed by atoms with Crippen LogP contribution in [0.25, 0.3) is 0 Å². The zero-order chi connectivity index (χ0) is 15.0. The van der Waals surface area contributed by atoms with E-state index >= 15 is 0 Å². The molecule has 20 heavy (non-hydrogen) atoms. The van der Waals surface area contributed by atoms with Gasteiger partial charge in [-0.05, 0) is 17.7 Å². The third-order valence-electron chi connectivity index (χ3n) is 2.44. The number of hydrogen-bond donors (Lipinski definition) is 3. The van der Waals surface area contributed by atoms with Crippen molar-refractivity contribution in [1.82, 2.24) is 5.32 Å². The summed E-state index contributed by atoms with van der Waals surface area (Å²) in [6.07, 6.45) is -1.43. The van der Waals surface area contributed by atoms with E-state index in [9.17, 15) is 9.59 Å². The number of nitrogens with one attached hydrogen (secondary N) is 1. The smallest absolute Gasteiger partial charge is 0.332 e. The van der Waals surface area contributed by atoms with Gasteiger partial charge in [0.25, 0.3) is 0 Å². The van der Waals surface area contributed by atoms with Gasteiger partial charge in [-0.15, -0.1) is 11.8 Å². The number of thioether (sulfide) groups is 1. The number of carbonyl (C=O) groups is 2. The lowest BCUT2D eigenvalue weighted by Crippen LogP contribution is -2.31. The average molecular weight is 318 g/mol. The van der Waals surface area contributed by atoms with Gasteiger partial charge in [0.05, 0.1) is 5.75 Å². The molecule has 0 saturated heterocycles. The van der Waals surface area contributed by atoms with Crippen LogP contribution in [0.3, 0.4) is 0 Å². The van der Waals surface area contributed by atoms with Crippen molar-refractivity contribution in [2.45, 2.75) is 18.3 Å². The molecule has 0 saturated carbocycles. The summed E-state index contributed by atoms with van der Waals surface area (Å²) >= 11 is 7.22. The molecule has 1 atom stereocenters. The lowest BCUT2D eigenvalue weighted by Gasteiger charge is -2.07. The highest BCUT2D eigenvalue weighted by Gasteiger charge is 2.12. The first kappa shape index (κ1) is 16.8. The number of rotatable bonds is 8. The van der Waals surface area contributed by atoms with Crippen molar-refractivity contribution in [2.24, 2.45) is 0 Å². The van der Waals surface area contributed by atoms with E-state index in [-0.39, 0.29) is 24.6 Å². The van der Waals surface area contributed by atoms with Crippen LogP contribution in [0, 0.1) is 0 Å². The molecule has 0 radical (unpaired) electrons. The number of amides is 1. The molecule has 7 heteroatoms. The Labute approximate surface area is 126 Å². The molecule has 0 spiro atoms. The van der Waals surface area contributed by atoms with Gasteiger partial charge in [-0.25, -0.2) is 4.79 Å². The lowest BCUT2D eigenvalue weighted by molar-refractivity contribution is -0.147. The highest BCUT2D eigenvalue weighted by molar-refractivity contribution is 7.99. The normalized spacial score (nSPS) is 11.9. The van der Waals surface area contributed by atoms with Gasteiger partial charge in [-0.1, -0.05) is 23.7 Å². The highest BCUT2D eigenvalue weighted by Crippen LogP contribution is 2.15. The predicted molar refractivity (Wildman–Crippen MR) is 78.9 cm³/mol.